The quantitative estimate of drug-likeness (QED) is 0.201. The molecule has 0 saturated heterocycles. The number of fused-ring (bicyclic) bond motifs is 1. The molecule has 1 heterocycles. The van der Waals surface area contributed by atoms with Gasteiger partial charge in [-0.2, -0.15) is 0 Å². The molecule has 35 heavy (non-hydrogen) atoms. The number of methoxy groups -OCH3 is 3. The minimum Gasteiger partial charge on any atom is -0.494 e. The third kappa shape index (κ3) is 5.57. The van der Waals surface area contributed by atoms with Crippen molar-refractivity contribution in [2.45, 2.75) is 25.7 Å². The molecule has 0 aliphatic heterocycles. The van der Waals surface area contributed by atoms with Crippen molar-refractivity contribution in [1.82, 2.24) is 9.55 Å². The molecule has 0 N–H and O–H groups in total. The number of ether oxygens (including phenoxy) is 4. The van der Waals surface area contributed by atoms with Crippen LogP contribution in [0.15, 0.2) is 66.7 Å². The van der Waals surface area contributed by atoms with Crippen LogP contribution in [0.3, 0.4) is 0 Å². The molecule has 0 aliphatic carbocycles. The summed E-state index contributed by atoms with van der Waals surface area (Å²) in [4.78, 5) is 16.2. The van der Waals surface area contributed by atoms with E-state index in [2.05, 4.69) is 9.30 Å². The van der Waals surface area contributed by atoms with Crippen molar-refractivity contribution in [3.8, 4) is 34.3 Å². The molecule has 0 fully saturated rings. The minimum atomic E-state index is -0.172. The highest BCUT2D eigenvalue weighted by molar-refractivity contribution is 5.84. The van der Waals surface area contributed by atoms with Crippen LogP contribution in [0.25, 0.3) is 28.1 Å². The first-order valence-electron chi connectivity index (χ1n) is 11.6. The van der Waals surface area contributed by atoms with Gasteiger partial charge in [-0.05, 0) is 43.5 Å². The molecule has 4 rings (SSSR count). The number of carbonyl (C=O) groups excluding carboxylic acids is 1. The lowest BCUT2D eigenvalue weighted by molar-refractivity contribution is -0.140. The predicted octanol–water partition coefficient (Wildman–Crippen LogP) is 5.82. The maximum Gasteiger partial charge on any atom is 0.305 e. The summed E-state index contributed by atoms with van der Waals surface area (Å²) < 4.78 is 23.8. The molecule has 0 bridgehead atoms. The first-order valence-corrected chi connectivity index (χ1v) is 11.6. The number of unbranched alkanes of at least 4 members (excludes halogenated alkanes) is 2. The Morgan fingerprint density at radius 1 is 0.857 bits per heavy atom. The van der Waals surface area contributed by atoms with Crippen LogP contribution in [-0.4, -0.2) is 43.5 Å². The van der Waals surface area contributed by atoms with Crippen LogP contribution in [0, 0.1) is 0 Å². The third-order valence-corrected chi connectivity index (χ3v) is 5.80. The molecule has 7 nitrogen and oxygen atoms in total. The molecule has 0 saturated carbocycles. The lowest BCUT2D eigenvalue weighted by Gasteiger charge is -2.14. The number of benzene rings is 3. The van der Waals surface area contributed by atoms with E-state index in [1.54, 1.807) is 14.2 Å². The van der Waals surface area contributed by atoms with Crippen molar-refractivity contribution in [3.63, 3.8) is 0 Å². The summed E-state index contributed by atoms with van der Waals surface area (Å²) in [5, 5.41) is 0. The average molecular weight is 475 g/mol. The van der Waals surface area contributed by atoms with E-state index in [0.29, 0.717) is 24.5 Å². The minimum absolute atomic E-state index is 0.172. The zero-order chi connectivity index (χ0) is 24.6. The number of aromatic nitrogens is 2. The van der Waals surface area contributed by atoms with E-state index in [4.69, 9.17) is 19.2 Å². The van der Waals surface area contributed by atoms with Gasteiger partial charge in [-0.25, -0.2) is 4.98 Å². The van der Waals surface area contributed by atoms with E-state index < -0.39 is 0 Å². The highest BCUT2D eigenvalue weighted by Gasteiger charge is 2.17. The van der Waals surface area contributed by atoms with Crippen LogP contribution in [0.4, 0.5) is 0 Å². The van der Waals surface area contributed by atoms with Gasteiger partial charge < -0.3 is 18.9 Å². The van der Waals surface area contributed by atoms with Crippen molar-refractivity contribution in [2.24, 2.45) is 0 Å². The summed E-state index contributed by atoms with van der Waals surface area (Å²) in [5.41, 5.74) is 3.71. The smallest absolute Gasteiger partial charge is 0.305 e. The van der Waals surface area contributed by atoms with E-state index in [9.17, 15) is 4.79 Å². The zero-order valence-corrected chi connectivity index (χ0v) is 20.3. The Morgan fingerprint density at radius 2 is 1.66 bits per heavy atom. The van der Waals surface area contributed by atoms with Crippen molar-refractivity contribution < 1.29 is 23.7 Å². The fraction of sp³-hybridized carbons (Fsp3) is 0.286. The first kappa shape index (κ1) is 24.1. The highest BCUT2D eigenvalue weighted by Crippen LogP contribution is 2.35. The molecule has 0 aliphatic rings. The van der Waals surface area contributed by atoms with Crippen LogP contribution >= 0.6 is 0 Å². The summed E-state index contributed by atoms with van der Waals surface area (Å²) >= 11 is 0. The number of esters is 1. The molecular weight excluding hydrogens is 444 g/mol. The van der Waals surface area contributed by atoms with Crippen molar-refractivity contribution in [1.29, 1.82) is 0 Å². The molecular formula is C28H30N2O5. The Kier molecular flexibility index (Phi) is 7.88. The fourth-order valence-electron chi connectivity index (χ4n) is 3.99. The number of hydrogen-bond acceptors (Lipinski definition) is 6. The zero-order valence-electron chi connectivity index (χ0n) is 20.3. The van der Waals surface area contributed by atoms with E-state index in [-0.39, 0.29) is 5.97 Å². The topological polar surface area (TPSA) is 71.8 Å². The van der Waals surface area contributed by atoms with E-state index >= 15 is 0 Å². The second kappa shape index (κ2) is 11.4. The van der Waals surface area contributed by atoms with Gasteiger partial charge >= 0.3 is 5.97 Å². The van der Waals surface area contributed by atoms with E-state index in [1.807, 2.05) is 66.7 Å². The third-order valence-electron chi connectivity index (χ3n) is 5.80. The van der Waals surface area contributed by atoms with Crippen molar-refractivity contribution >= 4 is 17.0 Å². The molecule has 0 radical (unpaired) electrons. The summed E-state index contributed by atoms with van der Waals surface area (Å²) in [6.45, 7) is 0.572. The second-order valence-electron chi connectivity index (χ2n) is 8.06. The molecule has 1 aromatic heterocycles. The maximum absolute atomic E-state index is 11.2. The molecule has 0 atom stereocenters. The number of nitrogens with zero attached hydrogens (tertiary/aromatic N) is 2. The van der Waals surface area contributed by atoms with Gasteiger partial charge in [-0.1, -0.05) is 30.3 Å². The Labute approximate surface area is 205 Å². The molecule has 0 amide bonds. The molecule has 7 heteroatoms. The van der Waals surface area contributed by atoms with Gasteiger partial charge in [0.2, 0.25) is 0 Å². The van der Waals surface area contributed by atoms with Gasteiger partial charge in [-0.3, -0.25) is 9.36 Å². The van der Waals surface area contributed by atoms with Gasteiger partial charge in [0.15, 0.2) is 11.5 Å². The summed E-state index contributed by atoms with van der Waals surface area (Å²) in [7, 11) is 4.67. The Hall–Kier alpha value is -4.00. The Bertz CT molecular complexity index is 1280. The SMILES string of the molecule is COC(=O)CCCCCOc1ccc2nc(-c3ccccc3)n(-c3ccc(OC)c(OC)c3)c2c1. The Balaban J connectivity index is 1.65. The van der Waals surface area contributed by atoms with Gasteiger partial charge in [0.05, 0.1) is 44.7 Å². The summed E-state index contributed by atoms with van der Waals surface area (Å²) in [6, 6.07) is 21.8. The van der Waals surface area contributed by atoms with Gasteiger partial charge in [0.1, 0.15) is 11.6 Å². The van der Waals surface area contributed by atoms with Gasteiger partial charge in [0, 0.05) is 24.1 Å². The molecule has 0 unspecified atom stereocenters. The first-order chi connectivity index (χ1) is 17.1. The predicted molar refractivity (Wildman–Crippen MR) is 136 cm³/mol. The van der Waals surface area contributed by atoms with Crippen LogP contribution < -0.4 is 14.2 Å². The monoisotopic (exact) mass is 474 g/mol. The van der Waals surface area contributed by atoms with Crippen molar-refractivity contribution in [2.75, 3.05) is 27.9 Å². The number of hydrogen-bond donors (Lipinski definition) is 0. The van der Waals surface area contributed by atoms with Crippen LogP contribution in [0.5, 0.6) is 17.2 Å². The summed E-state index contributed by atoms with van der Waals surface area (Å²) in [5.74, 6) is 2.73. The van der Waals surface area contributed by atoms with Gasteiger partial charge in [-0.15, -0.1) is 0 Å². The second-order valence-corrected chi connectivity index (χ2v) is 8.06. The number of rotatable bonds is 11. The van der Waals surface area contributed by atoms with Crippen LogP contribution in [0.1, 0.15) is 25.7 Å². The average Bonchev–Trinajstić information content (AvgIpc) is 3.29. The molecule has 4 aromatic rings. The normalized spacial score (nSPS) is 10.8. The lowest BCUT2D eigenvalue weighted by Crippen LogP contribution is -2.02. The van der Waals surface area contributed by atoms with Crippen molar-refractivity contribution in [3.05, 3.63) is 66.7 Å². The standard InChI is InChI=1S/C28H30N2O5/c1-32-25-16-13-21(18-26(25)33-2)30-24-19-22(35-17-9-5-8-12-27(31)34-3)14-15-23(24)29-28(30)20-10-6-4-7-11-20/h4,6-7,10-11,13-16,18-19H,5,8-9,12,17H2,1-3H3. The molecule has 182 valence electrons. The fourth-order valence-corrected chi connectivity index (χ4v) is 3.99. The Morgan fingerprint density at radius 3 is 2.40 bits per heavy atom. The largest absolute Gasteiger partial charge is 0.494 e. The number of carbonyl (C=O) groups is 1. The van der Waals surface area contributed by atoms with Crippen LogP contribution in [0.2, 0.25) is 0 Å². The van der Waals surface area contributed by atoms with Gasteiger partial charge in [0.25, 0.3) is 0 Å². The van der Waals surface area contributed by atoms with Crippen LogP contribution in [-0.2, 0) is 9.53 Å². The molecule has 0 spiro atoms. The lowest BCUT2D eigenvalue weighted by atomic mass is 10.2. The number of imidazole rings is 1. The summed E-state index contributed by atoms with van der Waals surface area (Å²) in [6.07, 6.45) is 3.00. The van der Waals surface area contributed by atoms with E-state index in [0.717, 1.165) is 53.1 Å². The molecule has 3 aromatic carbocycles. The van der Waals surface area contributed by atoms with E-state index in [1.165, 1.54) is 7.11 Å². The highest BCUT2D eigenvalue weighted by atomic mass is 16.5. The maximum atomic E-state index is 11.2.